The Labute approximate surface area is 101 Å². The Bertz CT molecular complexity index is 291. The number of carbonyl (C=O) groups is 1. The monoisotopic (exact) mass is 245 g/mol. The molecule has 1 rings (SSSR count). The van der Waals surface area contributed by atoms with Crippen LogP contribution in [0.15, 0.2) is 0 Å². The van der Waals surface area contributed by atoms with Gasteiger partial charge in [-0.05, 0) is 34.1 Å². The first-order valence-corrected chi connectivity index (χ1v) is 5.38. The van der Waals surface area contributed by atoms with E-state index in [0.29, 0.717) is 13.0 Å². The van der Waals surface area contributed by atoms with Crippen LogP contribution in [0.5, 0.6) is 0 Å². The lowest BCUT2D eigenvalue weighted by atomic mass is 10.2. The maximum absolute atomic E-state index is 11.6. The van der Waals surface area contributed by atoms with Gasteiger partial charge in [-0.15, -0.1) is 0 Å². The second-order valence-electron chi connectivity index (χ2n) is 4.95. The number of hydrogen-bond donors (Lipinski definition) is 1. The summed E-state index contributed by atoms with van der Waals surface area (Å²) in [6.07, 6.45) is 0.151. The molecule has 1 saturated heterocycles. The summed E-state index contributed by atoms with van der Waals surface area (Å²) < 4.78 is 5.22. The van der Waals surface area contributed by atoms with E-state index in [1.165, 1.54) is 0 Å². The van der Waals surface area contributed by atoms with Crippen molar-refractivity contribution in [2.75, 3.05) is 6.54 Å². The highest BCUT2D eigenvalue weighted by atomic mass is 16.6. The fourth-order valence-electron chi connectivity index (χ4n) is 1.58. The average molecular weight is 245 g/mol. The Morgan fingerprint density at radius 2 is 1.88 bits per heavy atom. The minimum atomic E-state index is -0.468. The largest absolute Gasteiger partial charge is 0.444 e. The van der Waals surface area contributed by atoms with Crippen LogP contribution in [0.4, 0.5) is 4.79 Å². The van der Waals surface area contributed by atoms with E-state index >= 15 is 0 Å². The summed E-state index contributed by atoms with van der Waals surface area (Å²) in [4.78, 5) is 29.4. The minimum absolute atomic E-state index is 0.0693. The van der Waals surface area contributed by atoms with Gasteiger partial charge in [0.05, 0.1) is 12.6 Å². The summed E-state index contributed by atoms with van der Waals surface area (Å²) >= 11 is 0. The summed E-state index contributed by atoms with van der Waals surface area (Å²) in [5, 5.41) is 9.37. The van der Waals surface area contributed by atoms with Gasteiger partial charge < -0.3 is 14.7 Å². The number of β-amino-alcohol motifs (C(OH)–C–C–N with tert-alkyl or cyclic N) is 1. The van der Waals surface area contributed by atoms with Crippen LogP contribution in [0.2, 0.25) is 0 Å². The summed E-state index contributed by atoms with van der Waals surface area (Å²) in [5.41, 5.74) is -0.468. The average Bonchev–Trinajstić information content (AvgIpc) is 2.43. The SMILES string of the molecule is CC1C[C@@H](O)CN1C(=O)OC(C)(C)C.O=C=O. The molecule has 6 heteroatoms. The molecule has 1 N–H and O–H groups in total. The molecule has 0 aliphatic carbocycles. The summed E-state index contributed by atoms with van der Waals surface area (Å²) in [5.74, 6) is 0. The molecule has 0 saturated carbocycles. The second-order valence-corrected chi connectivity index (χ2v) is 4.95. The van der Waals surface area contributed by atoms with Gasteiger partial charge in [0.15, 0.2) is 0 Å². The third-order valence-electron chi connectivity index (χ3n) is 2.18. The molecule has 1 aliphatic rings. The van der Waals surface area contributed by atoms with Crippen LogP contribution in [0.1, 0.15) is 34.1 Å². The van der Waals surface area contributed by atoms with E-state index < -0.39 is 11.7 Å². The lowest BCUT2D eigenvalue weighted by molar-refractivity contribution is -0.191. The molecule has 0 spiro atoms. The van der Waals surface area contributed by atoms with Crippen molar-refractivity contribution in [3.63, 3.8) is 0 Å². The Balaban J connectivity index is 0.000000770. The number of ether oxygens (including phenoxy) is 1. The standard InChI is InChI=1S/C10H19NO3.CO2/c1-7-5-8(12)6-11(7)9(13)14-10(2,3)4;2-1-3/h7-8,12H,5-6H2,1-4H3;/t7?,8-;/m1./s1. The third-order valence-corrected chi connectivity index (χ3v) is 2.18. The van der Waals surface area contributed by atoms with Crippen molar-refractivity contribution in [1.82, 2.24) is 4.90 Å². The van der Waals surface area contributed by atoms with Gasteiger partial charge in [0.25, 0.3) is 0 Å². The van der Waals surface area contributed by atoms with Crippen LogP contribution in [0.3, 0.4) is 0 Å². The molecule has 0 aromatic carbocycles. The van der Waals surface area contributed by atoms with E-state index in [9.17, 15) is 9.90 Å². The molecular formula is C11H19NO5. The Morgan fingerprint density at radius 3 is 2.18 bits per heavy atom. The topological polar surface area (TPSA) is 83.9 Å². The first-order valence-electron chi connectivity index (χ1n) is 5.38. The molecular weight excluding hydrogens is 226 g/mol. The zero-order chi connectivity index (χ0) is 13.6. The number of likely N-dealkylation sites (tertiary alicyclic amines) is 1. The molecule has 2 atom stereocenters. The second kappa shape index (κ2) is 6.37. The van der Waals surface area contributed by atoms with Crippen LogP contribution in [0, 0.1) is 0 Å². The van der Waals surface area contributed by atoms with E-state index in [0.717, 1.165) is 0 Å². The molecule has 0 bridgehead atoms. The van der Waals surface area contributed by atoms with Crippen molar-refractivity contribution in [3.8, 4) is 0 Å². The van der Waals surface area contributed by atoms with Gasteiger partial charge in [0.2, 0.25) is 0 Å². The van der Waals surface area contributed by atoms with Gasteiger partial charge in [-0.2, -0.15) is 9.59 Å². The number of hydrogen-bond acceptors (Lipinski definition) is 5. The van der Waals surface area contributed by atoms with Gasteiger partial charge in [-0.25, -0.2) is 4.79 Å². The van der Waals surface area contributed by atoms with Crippen molar-refractivity contribution in [2.45, 2.75) is 51.9 Å². The molecule has 1 amide bonds. The minimum Gasteiger partial charge on any atom is -0.444 e. The maximum Gasteiger partial charge on any atom is 0.410 e. The number of amides is 1. The number of aliphatic hydroxyl groups is 1. The van der Waals surface area contributed by atoms with E-state index in [1.54, 1.807) is 4.90 Å². The van der Waals surface area contributed by atoms with Gasteiger partial charge in [0.1, 0.15) is 5.60 Å². The van der Waals surface area contributed by atoms with Crippen molar-refractivity contribution < 1.29 is 24.2 Å². The molecule has 0 aromatic rings. The maximum atomic E-state index is 11.6. The molecule has 1 heterocycles. The lowest BCUT2D eigenvalue weighted by Crippen LogP contribution is -2.39. The quantitative estimate of drug-likeness (QED) is 0.682. The van der Waals surface area contributed by atoms with Crippen LogP contribution in [-0.2, 0) is 14.3 Å². The molecule has 6 nitrogen and oxygen atoms in total. The van der Waals surface area contributed by atoms with Crippen LogP contribution < -0.4 is 0 Å². The first kappa shape index (κ1) is 15.6. The van der Waals surface area contributed by atoms with Gasteiger partial charge in [-0.3, -0.25) is 0 Å². The van der Waals surface area contributed by atoms with Gasteiger partial charge >= 0.3 is 12.2 Å². The van der Waals surface area contributed by atoms with Crippen molar-refractivity contribution >= 4 is 12.2 Å². The first-order chi connectivity index (χ1) is 7.71. The van der Waals surface area contributed by atoms with E-state index in [4.69, 9.17) is 14.3 Å². The molecule has 98 valence electrons. The van der Waals surface area contributed by atoms with Crippen LogP contribution in [-0.4, -0.2) is 46.5 Å². The molecule has 1 fully saturated rings. The van der Waals surface area contributed by atoms with E-state index in [1.807, 2.05) is 27.7 Å². The summed E-state index contributed by atoms with van der Waals surface area (Å²) in [7, 11) is 0. The van der Waals surface area contributed by atoms with Crippen molar-refractivity contribution in [3.05, 3.63) is 0 Å². The molecule has 1 aliphatic heterocycles. The highest BCUT2D eigenvalue weighted by Gasteiger charge is 2.33. The normalized spacial score (nSPS) is 23.5. The predicted molar refractivity (Wildman–Crippen MR) is 58.0 cm³/mol. The Kier molecular flexibility index (Phi) is 5.85. The molecule has 0 aromatic heterocycles. The Morgan fingerprint density at radius 1 is 1.41 bits per heavy atom. The van der Waals surface area contributed by atoms with Gasteiger partial charge in [-0.1, -0.05) is 0 Å². The highest BCUT2D eigenvalue weighted by Crippen LogP contribution is 2.20. The van der Waals surface area contributed by atoms with Crippen molar-refractivity contribution in [1.29, 1.82) is 0 Å². The third kappa shape index (κ3) is 6.04. The smallest absolute Gasteiger partial charge is 0.410 e. The number of aliphatic hydroxyl groups excluding tert-OH is 1. The number of rotatable bonds is 0. The highest BCUT2D eigenvalue weighted by molar-refractivity contribution is 5.69. The molecule has 0 radical (unpaired) electrons. The fraction of sp³-hybridized carbons (Fsp3) is 0.818. The van der Waals surface area contributed by atoms with Crippen LogP contribution >= 0.6 is 0 Å². The van der Waals surface area contributed by atoms with Gasteiger partial charge in [0, 0.05) is 6.04 Å². The fourth-order valence-corrected chi connectivity index (χ4v) is 1.58. The number of nitrogens with zero attached hydrogens (tertiary/aromatic N) is 1. The van der Waals surface area contributed by atoms with E-state index in [-0.39, 0.29) is 18.3 Å². The molecule has 1 unspecified atom stereocenters. The molecule has 17 heavy (non-hydrogen) atoms. The summed E-state index contributed by atoms with van der Waals surface area (Å²) in [6, 6.07) is 0.0693. The van der Waals surface area contributed by atoms with E-state index in [2.05, 4.69) is 0 Å². The number of carbonyl (C=O) groups excluding carboxylic acids is 3. The van der Waals surface area contributed by atoms with Crippen LogP contribution in [0.25, 0.3) is 0 Å². The summed E-state index contributed by atoms with van der Waals surface area (Å²) in [6.45, 7) is 7.81. The predicted octanol–water partition coefficient (Wildman–Crippen LogP) is 0.793. The van der Waals surface area contributed by atoms with Crippen molar-refractivity contribution in [2.24, 2.45) is 0 Å². The Hall–Kier alpha value is -1.39. The zero-order valence-corrected chi connectivity index (χ0v) is 10.6. The lowest BCUT2D eigenvalue weighted by Gasteiger charge is -2.26. The zero-order valence-electron chi connectivity index (χ0n) is 10.6.